The van der Waals surface area contributed by atoms with Crippen LogP contribution < -0.4 is 4.74 Å². The Balaban J connectivity index is 1.09. The predicted molar refractivity (Wildman–Crippen MR) is 181 cm³/mol. The molecular weight excluding hydrogens is 536 g/mol. The lowest BCUT2D eigenvalue weighted by atomic mass is 9.91. The van der Waals surface area contributed by atoms with Crippen molar-refractivity contribution in [3.8, 4) is 67.5 Å². The summed E-state index contributed by atoms with van der Waals surface area (Å²) in [5, 5.41) is 4.78. The molecule has 0 unspecified atom stereocenters. The van der Waals surface area contributed by atoms with Crippen LogP contribution in [-0.2, 0) is 0 Å². The number of ether oxygens (including phenoxy) is 1. The molecule has 1 aliphatic heterocycles. The Morgan fingerprint density at radius 2 is 0.909 bits per heavy atom. The Labute approximate surface area is 255 Å². The summed E-state index contributed by atoms with van der Waals surface area (Å²) >= 11 is 0. The Kier molecular flexibility index (Phi) is 5.54. The molecule has 0 aliphatic carbocycles. The highest BCUT2D eigenvalue weighted by atomic mass is 16.5. The molecule has 44 heavy (non-hydrogen) atoms. The maximum Gasteiger partial charge on any atom is 0.135 e. The fourth-order valence-corrected chi connectivity index (χ4v) is 6.63. The van der Waals surface area contributed by atoms with Gasteiger partial charge < -0.3 is 9.15 Å². The van der Waals surface area contributed by atoms with Gasteiger partial charge in [-0.2, -0.15) is 0 Å². The van der Waals surface area contributed by atoms with E-state index in [9.17, 15) is 0 Å². The van der Waals surface area contributed by atoms with Gasteiger partial charge in [0.15, 0.2) is 0 Å². The van der Waals surface area contributed by atoms with E-state index in [1.807, 2.05) is 24.3 Å². The van der Waals surface area contributed by atoms with Gasteiger partial charge in [0.05, 0.1) is 0 Å². The van der Waals surface area contributed by atoms with Gasteiger partial charge in [0.1, 0.15) is 23.0 Å². The minimum Gasteiger partial charge on any atom is -0.456 e. The van der Waals surface area contributed by atoms with E-state index in [0.29, 0.717) is 0 Å². The van der Waals surface area contributed by atoms with Crippen molar-refractivity contribution in [1.29, 1.82) is 0 Å². The van der Waals surface area contributed by atoms with Crippen molar-refractivity contribution in [2.75, 3.05) is 0 Å². The first-order valence-corrected chi connectivity index (χ1v) is 14.9. The summed E-state index contributed by atoms with van der Waals surface area (Å²) in [5.41, 5.74) is 9.24. The molecule has 2 nitrogen and oxygen atoms in total. The molecule has 206 valence electrons. The third-order valence-corrected chi connectivity index (χ3v) is 8.70. The minimum absolute atomic E-state index is 0.846. The number of para-hydroxylation sites is 1. The normalized spacial score (nSPS) is 11.8. The van der Waals surface area contributed by atoms with Crippen LogP contribution in [0.3, 0.4) is 0 Å². The Hall–Kier alpha value is -5.86. The summed E-state index contributed by atoms with van der Waals surface area (Å²) < 4.78 is 12.7. The monoisotopic (exact) mass is 562 g/mol. The van der Waals surface area contributed by atoms with E-state index in [0.717, 1.165) is 50.5 Å². The molecule has 1 aliphatic rings. The number of benzene rings is 7. The predicted octanol–water partition coefficient (Wildman–Crippen LogP) is 12.0. The Morgan fingerprint density at radius 1 is 0.318 bits per heavy atom. The molecular formula is C42H26O2. The number of fused-ring (bicyclic) bond motifs is 3. The van der Waals surface area contributed by atoms with Gasteiger partial charge in [-0.05, 0) is 80.4 Å². The molecule has 0 atom stereocenters. The first-order valence-electron chi connectivity index (χ1n) is 14.9. The quantitative estimate of drug-likeness (QED) is 0.213. The summed E-state index contributed by atoms with van der Waals surface area (Å²) in [6.45, 7) is 0. The highest BCUT2D eigenvalue weighted by Gasteiger charge is 2.21. The molecule has 2 heterocycles. The molecule has 1 aromatic heterocycles. The third kappa shape index (κ3) is 3.96. The first kappa shape index (κ1) is 24.7. The smallest absolute Gasteiger partial charge is 0.135 e. The molecule has 0 fully saturated rings. The maximum absolute atomic E-state index is 6.50. The summed E-state index contributed by atoms with van der Waals surface area (Å²) in [6.07, 6.45) is 0. The van der Waals surface area contributed by atoms with E-state index < -0.39 is 0 Å². The van der Waals surface area contributed by atoms with Gasteiger partial charge in [0, 0.05) is 22.1 Å². The van der Waals surface area contributed by atoms with Gasteiger partial charge in [0.2, 0.25) is 0 Å². The summed E-state index contributed by atoms with van der Waals surface area (Å²) in [7, 11) is 0. The molecule has 0 amide bonds. The van der Waals surface area contributed by atoms with Crippen LogP contribution in [0.25, 0.3) is 77.6 Å². The Bertz CT molecular complexity index is 2340. The molecule has 0 bridgehead atoms. The zero-order valence-corrected chi connectivity index (χ0v) is 23.8. The lowest BCUT2D eigenvalue weighted by Gasteiger charge is -2.21. The van der Waals surface area contributed by atoms with Crippen molar-refractivity contribution in [3.63, 3.8) is 0 Å². The van der Waals surface area contributed by atoms with E-state index in [2.05, 4.69) is 133 Å². The average molecular weight is 563 g/mol. The second kappa shape index (κ2) is 9.86. The van der Waals surface area contributed by atoms with Crippen molar-refractivity contribution < 1.29 is 9.15 Å². The Morgan fingerprint density at radius 3 is 1.70 bits per heavy atom. The molecule has 9 rings (SSSR count). The SMILES string of the molecule is c1ccc(-c2cccc3cccc(-c4ccc(-c5ccc(-c6cc7c8c(cccc8c6)Oc6ccccc6-7)o5)cc4)c23)cc1. The molecule has 0 radical (unpaired) electrons. The van der Waals surface area contributed by atoms with Crippen molar-refractivity contribution in [1.82, 2.24) is 0 Å². The molecule has 8 aromatic rings. The standard InChI is InChI=1S/C42H26O2/c1-2-9-27(10-3-1)33-15-6-11-30-12-7-16-34(41(30)33)28-19-21-29(22-20-28)37-23-24-38(43-37)32-25-31-13-8-18-40-42(31)36(26-32)35-14-4-5-17-39(35)44-40/h1-26H. The van der Waals surface area contributed by atoms with E-state index in [1.165, 1.54) is 38.6 Å². The van der Waals surface area contributed by atoms with E-state index in [1.54, 1.807) is 0 Å². The molecule has 0 saturated carbocycles. The third-order valence-electron chi connectivity index (χ3n) is 8.70. The highest BCUT2D eigenvalue weighted by molar-refractivity contribution is 6.07. The van der Waals surface area contributed by atoms with Crippen LogP contribution in [0.4, 0.5) is 0 Å². The number of hydrogen-bond acceptors (Lipinski definition) is 2. The van der Waals surface area contributed by atoms with Gasteiger partial charge in [0.25, 0.3) is 0 Å². The van der Waals surface area contributed by atoms with Gasteiger partial charge in [-0.25, -0.2) is 0 Å². The van der Waals surface area contributed by atoms with Crippen molar-refractivity contribution in [3.05, 3.63) is 158 Å². The molecule has 0 N–H and O–H groups in total. The summed E-state index contributed by atoms with van der Waals surface area (Å²) in [4.78, 5) is 0. The van der Waals surface area contributed by atoms with Crippen LogP contribution in [0.2, 0.25) is 0 Å². The summed E-state index contributed by atoms with van der Waals surface area (Å²) in [6, 6.07) is 55.4. The second-order valence-corrected chi connectivity index (χ2v) is 11.3. The fourth-order valence-electron chi connectivity index (χ4n) is 6.63. The van der Waals surface area contributed by atoms with E-state index in [4.69, 9.17) is 9.15 Å². The largest absolute Gasteiger partial charge is 0.456 e. The van der Waals surface area contributed by atoms with E-state index in [-0.39, 0.29) is 0 Å². The minimum atomic E-state index is 0.846. The number of hydrogen-bond donors (Lipinski definition) is 0. The van der Waals surface area contributed by atoms with Gasteiger partial charge in [-0.1, -0.05) is 121 Å². The van der Waals surface area contributed by atoms with Crippen LogP contribution in [0.15, 0.2) is 162 Å². The molecule has 0 saturated heterocycles. The van der Waals surface area contributed by atoms with Crippen LogP contribution >= 0.6 is 0 Å². The zero-order chi connectivity index (χ0) is 29.0. The zero-order valence-electron chi connectivity index (χ0n) is 23.8. The lowest BCUT2D eigenvalue weighted by Crippen LogP contribution is -1.97. The average Bonchev–Trinajstić information content (AvgIpc) is 3.59. The van der Waals surface area contributed by atoms with Crippen molar-refractivity contribution in [2.45, 2.75) is 0 Å². The van der Waals surface area contributed by atoms with Gasteiger partial charge in [-0.15, -0.1) is 0 Å². The highest BCUT2D eigenvalue weighted by Crippen LogP contribution is 2.48. The number of rotatable bonds is 4. The topological polar surface area (TPSA) is 22.4 Å². The maximum atomic E-state index is 6.50. The summed E-state index contributed by atoms with van der Waals surface area (Å²) in [5.74, 6) is 3.47. The first-order chi connectivity index (χ1) is 21.8. The van der Waals surface area contributed by atoms with E-state index >= 15 is 0 Å². The number of furan rings is 1. The van der Waals surface area contributed by atoms with Crippen LogP contribution in [0.1, 0.15) is 0 Å². The van der Waals surface area contributed by atoms with Crippen LogP contribution in [-0.4, -0.2) is 0 Å². The van der Waals surface area contributed by atoms with Crippen LogP contribution in [0.5, 0.6) is 11.5 Å². The van der Waals surface area contributed by atoms with Crippen LogP contribution in [0, 0.1) is 0 Å². The molecule has 2 heteroatoms. The molecule has 7 aromatic carbocycles. The van der Waals surface area contributed by atoms with Crippen molar-refractivity contribution >= 4 is 21.5 Å². The lowest BCUT2D eigenvalue weighted by molar-refractivity contribution is 0.487. The van der Waals surface area contributed by atoms with Gasteiger partial charge >= 0.3 is 0 Å². The fraction of sp³-hybridized carbons (Fsp3) is 0. The van der Waals surface area contributed by atoms with Gasteiger partial charge in [-0.3, -0.25) is 0 Å². The van der Waals surface area contributed by atoms with Crippen molar-refractivity contribution in [2.24, 2.45) is 0 Å². The molecule has 0 spiro atoms. The second-order valence-electron chi connectivity index (χ2n) is 11.3.